The summed E-state index contributed by atoms with van der Waals surface area (Å²) in [7, 11) is 0. The molecular weight excluding hydrogens is 169 g/mol. The van der Waals surface area contributed by atoms with Crippen molar-refractivity contribution in [3.8, 4) is 0 Å². The van der Waals surface area contributed by atoms with Gasteiger partial charge in [-0.25, -0.2) is 0 Å². The smallest absolute Gasteiger partial charge is 0.189 e. The van der Waals surface area contributed by atoms with E-state index in [1.54, 1.807) is 0 Å². The van der Waals surface area contributed by atoms with Gasteiger partial charge in [0.1, 0.15) is 24.9 Å². The van der Waals surface area contributed by atoms with Gasteiger partial charge in [-0.3, -0.25) is 4.79 Å². The minimum Gasteiger partial charge on any atom is -0.394 e. The molecule has 5 N–H and O–H groups in total. The minimum absolute atomic E-state index is 0.767. The van der Waals surface area contributed by atoms with Crippen molar-refractivity contribution in [3.05, 3.63) is 0 Å². The summed E-state index contributed by atoms with van der Waals surface area (Å²) in [6.45, 7) is -1.69. The molecule has 0 radical (unpaired) electrons. The minimum atomic E-state index is -1.86. The molecule has 0 rings (SSSR count). The summed E-state index contributed by atoms with van der Waals surface area (Å²) < 4.78 is 0. The van der Waals surface area contributed by atoms with Crippen molar-refractivity contribution >= 4 is 5.78 Å². The SMILES string of the molecule is O=C(CO)[C@@H](O)[C@H](O)[13C@@H](O)CO. The molecule has 6 heteroatoms. The van der Waals surface area contributed by atoms with Crippen LogP contribution in [-0.4, -0.2) is 62.8 Å². The third-order valence-corrected chi connectivity index (χ3v) is 1.39. The molecule has 0 unspecified atom stereocenters. The summed E-state index contributed by atoms with van der Waals surface area (Å²) in [4.78, 5) is 10.5. The number of carbonyl (C=O) groups is 1. The number of hydrogen-bond acceptors (Lipinski definition) is 6. The maximum atomic E-state index is 10.5. The molecule has 0 heterocycles. The number of ketones is 1. The van der Waals surface area contributed by atoms with Crippen LogP contribution in [0.1, 0.15) is 0 Å². The Balaban J connectivity index is 4.08. The molecule has 0 aliphatic heterocycles. The maximum Gasteiger partial charge on any atom is 0.189 e. The number of rotatable bonds is 5. The van der Waals surface area contributed by atoms with Crippen LogP contribution in [0.2, 0.25) is 0 Å². The van der Waals surface area contributed by atoms with Gasteiger partial charge < -0.3 is 25.5 Å². The third-order valence-electron chi connectivity index (χ3n) is 1.39. The zero-order valence-electron chi connectivity index (χ0n) is 6.29. The number of aliphatic hydroxyl groups is 5. The molecule has 0 fully saturated rings. The Bertz CT molecular complexity index is 147. The first-order chi connectivity index (χ1) is 5.54. The predicted octanol–water partition coefficient (Wildman–Crippen LogP) is -3.38. The van der Waals surface area contributed by atoms with Gasteiger partial charge in [-0.2, -0.15) is 0 Å². The lowest BCUT2D eigenvalue weighted by atomic mass is 10.2. The van der Waals surface area contributed by atoms with Crippen molar-refractivity contribution in [3.63, 3.8) is 0 Å². The van der Waals surface area contributed by atoms with Crippen LogP contribution in [0.25, 0.3) is 0 Å². The highest BCUT2D eigenvalue weighted by atomic mass is 16.4. The summed E-state index contributed by atoms with van der Waals surface area (Å²) in [6.07, 6.45) is -5.22. The van der Waals surface area contributed by atoms with Crippen LogP contribution < -0.4 is 0 Å². The van der Waals surface area contributed by atoms with Gasteiger partial charge in [-0.15, -0.1) is 0 Å². The van der Waals surface area contributed by atoms with Gasteiger partial charge in [-0.05, 0) is 0 Å². The van der Waals surface area contributed by atoms with Crippen LogP contribution in [0, 0.1) is 0 Å². The lowest BCUT2D eigenvalue weighted by Crippen LogP contribution is -2.44. The molecule has 6 nitrogen and oxygen atoms in total. The highest BCUT2D eigenvalue weighted by molar-refractivity contribution is 5.84. The highest BCUT2D eigenvalue weighted by Crippen LogP contribution is 2.00. The summed E-state index contributed by atoms with van der Waals surface area (Å²) in [6, 6.07) is 0. The molecule has 0 bridgehead atoms. The number of hydrogen-bond donors (Lipinski definition) is 5. The zero-order chi connectivity index (χ0) is 9.72. The van der Waals surface area contributed by atoms with E-state index in [0.29, 0.717) is 0 Å². The van der Waals surface area contributed by atoms with E-state index in [9.17, 15) is 4.79 Å². The fourth-order valence-corrected chi connectivity index (χ4v) is 0.602. The van der Waals surface area contributed by atoms with E-state index < -0.39 is 37.3 Å². The Morgan fingerprint density at radius 2 is 1.67 bits per heavy atom. The first-order valence-corrected chi connectivity index (χ1v) is 3.33. The summed E-state index contributed by atoms with van der Waals surface area (Å²) >= 11 is 0. The average Bonchev–Trinajstić information content (AvgIpc) is 2.12. The standard InChI is InChI=1S/C6H12O6/c7-1-3(9)5(11)6(12)4(10)2-8/h3,5-9,11-12H,1-2H2/t3-,5+,6+/m0/s1/i3+1. The number of carbonyl (C=O) groups excluding carboxylic acids is 1. The quantitative estimate of drug-likeness (QED) is 0.282. The fourth-order valence-electron chi connectivity index (χ4n) is 0.602. The number of aliphatic hydroxyl groups excluding tert-OH is 5. The predicted molar refractivity (Wildman–Crippen MR) is 37.2 cm³/mol. The van der Waals surface area contributed by atoms with Crippen molar-refractivity contribution in [1.82, 2.24) is 0 Å². The van der Waals surface area contributed by atoms with Crippen molar-refractivity contribution in [2.45, 2.75) is 18.3 Å². The molecular formula is C6H12O6. The van der Waals surface area contributed by atoms with Gasteiger partial charge in [0.2, 0.25) is 0 Å². The molecule has 3 atom stereocenters. The molecule has 72 valence electrons. The highest BCUT2D eigenvalue weighted by Gasteiger charge is 2.28. The molecule has 0 saturated carbocycles. The molecule has 12 heavy (non-hydrogen) atoms. The monoisotopic (exact) mass is 181 g/mol. The lowest BCUT2D eigenvalue weighted by Gasteiger charge is -2.19. The Labute approximate surface area is 68.7 Å². The van der Waals surface area contributed by atoms with Gasteiger partial charge in [0.25, 0.3) is 0 Å². The van der Waals surface area contributed by atoms with Crippen molar-refractivity contribution in [2.75, 3.05) is 13.2 Å². The second-order valence-corrected chi connectivity index (χ2v) is 2.31. The van der Waals surface area contributed by atoms with E-state index in [4.69, 9.17) is 25.5 Å². The lowest BCUT2D eigenvalue weighted by molar-refractivity contribution is -0.142. The topological polar surface area (TPSA) is 118 Å². The summed E-state index contributed by atoms with van der Waals surface area (Å²) in [5.74, 6) is -1.00. The van der Waals surface area contributed by atoms with Crippen LogP contribution in [0.15, 0.2) is 0 Å². The molecule has 0 aliphatic carbocycles. The van der Waals surface area contributed by atoms with Crippen LogP contribution >= 0.6 is 0 Å². The summed E-state index contributed by atoms with van der Waals surface area (Å²) in [5.41, 5.74) is 0. The van der Waals surface area contributed by atoms with E-state index in [-0.39, 0.29) is 0 Å². The van der Waals surface area contributed by atoms with Gasteiger partial charge in [0, 0.05) is 0 Å². The molecule has 0 aromatic carbocycles. The fraction of sp³-hybridized carbons (Fsp3) is 0.833. The van der Waals surface area contributed by atoms with E-state index in [1.165, 1.54) is 0 Å². The van der Waals surface area contributed by atoms with E-state index >= 15 is 0 Å². The van der Waals surface area contributed by atoms with Gasteiger partial charge in [-0.1, -0.05) is 0 Å². The molecule has 0 aromatic rings. The first-order valence-electron chi connectivity index (χ1n) is 3.33. The average molecular weight is 181 g/mol. The van der Waals surface area contributed by atoms with Crippen molar-refractivity contribution in [1.29, 1.82) is 0 Å². The Morgan fingerprint density at radius 3 is 2.00 bits per heavy atom. The molecule has 0 amide bonds. The van der Waals surface area contributed by atoms with Crippen LogP contribution in [-0.2, 0) is 4.79 Å². The second-order valence-electron chi connectivity index (χ2n) is 2.31. The van der Waals surface area contributed by atoms with E-state index in [2.05, 4.69) is 0 Å². The van der Waals surface area contributed by atoms with Crippen LogP contribution in [0.3, 0.4) is 0 Å². The largest absolute Gasteiger partial charge is 0.394 e. The maximum absolute atomic E-state index is 10.5. The Hall–Kier alpha value is -0.530. The normalized spacial score (nSPS) is 18.4. The zero-order valence-corrected chi connectivity index (χ0v) is 6.29. The van der Waals surface area contributed by atoms with Crippen molar-refractivity contribution < 1.29 is 30.3 Å². The van der Waals surface area contributed by atoms with E-state index in [0.717, 1.165) is 0 Å². The number of Topliss-reactive ketones (excluding diaryl/α,β-unsaturated/α-hetero) is 1. The van der Waals surface area contributed by atoms with Gasteiger partial charge in [0.15, 0.2) is 5.78 Å². The van der Waals surface area contributed by atoms with E-state index in [1.807, 2.05) is 0 Å². The van der Waals surface area contributed by atoms with Gasteiger partial charge >= 0.3 is 0 Å². The molecule has 0 saturated heterocycles. The van der Waals surface area contributed by atoms with Crippen molar-refractivity contribution in [2.24, 2.45) is 0 Å². The molecule has 0 spiro atoms. The molecule has 0 aromatic heterocycles. The van der Waals surface area contributed by atoms with Crippen LogP contribution in [0.4, 0.5) is 0 Å². The Kier molecular flexibility index (Phi) is 4.95. The van der Waals surface area contributed by atoms with Gasteiger partial charge in [0.05, 0.1) is 6.61 Å². The third kappa shape index (κ3) is 2.84. The molecule has 0 aliphatic rings. The Morgan fingerprint density at radius 1 is 1.17 bits per heavy atom. The van der Waals surface area contributed by atoms with Crippen LogP contribution in [0.5, 0.6) is 0 Å². The second kappa shape index (κ2) is 5.18. The first kappa shape index (κ1) is 11.5. The summed E-state index contributed by atoms with van der Waals surface area (Å²) in [5, 5.41) is 43.1.